The third kappa shape index (κ3) is 3.37. The summed E-state index contributed by atoms with van der Waals surface area (Å²) in [5, 5.41) is 6.91. The lowest BCUT2D eigenvalue weighted by Crippen LogP contribution is -2.23. The van der Waals surface area contributed by atoms with Crippen molar-refractivity contribution in [2.24, 2.45) is 0 Å². The number of rotatable bonds is 4. The van der Waals surface area contributed by atoms with Crippen LogP contribution in [0.4, 0.5) is 14.5 Å². The maximum Gasteiger partial charge on any atom is 0.269 e. The SMILES string of the molecule is CCNc1cnn(Cc2cc(F)cc(F)c2)c(=O)c1. The standard InChI is InChI=1S/C13H13F2N3O/c1-2-16-12-6-13(19)18(17-7-12)8-9-3-10(14)5-11(15)4-9/h3-7,16H,2,8H2,1H3. The van der Waals surface area contributed by atoms with Crippen LogP contribution in [0.2, 0.25) is 0 Å². The molecule has 0 unspecified atom stereocenters. The van der Waals surface area contributed by atoms with E-state index >= 15 is 0 Å². The van der Waals surface area contributed by atoms with Crippen LogP contribution in [0.5, 0.6) is 0 Å². The first kappa shape index (κ1) is 13.2. The van der Waals surface area contributed by atoms with Crippen molar-refractivity contribution in [3.8, 4) is 0 Å². The zero-order valence-electron chi connectivity index (χ0n) is 10.4. The number of nitrogens with one attached hydrogen (secondary N) is 1. The maximum atomic E-state index is 13.0. The highest BCUT2D eigenvalue weighted by atomic mass is 19.1. The van der Waals surface area contributed by atoms with Gasteiger partial charge in [0.15, 0.2) is 0 Å². The summed E-state index contributed by atoms with van der Waals surface area (Å²) in [4.78, 5) is 11.8. The van der Waals surface area contributed by atoms with E-state index in [1.54, 1.807) is 0 Å². The van der Waals surface area contributed by atoms with Gasteiger partial charge in [0.25, 0.3) is 5.56 Å². The molecule has 0 saturated heterocycles. The van der Waals surface area contributed by atoms with Gasteiger partial charge in [-0.05, 0) is 24.6 Å². The molecule has 1 aromatic carbocycles. The third-order valence-electron chi connectivity index (χ3n) is 2.51. The first-order valence-corrected chi connectivity index (χ1v) is 5.84. The lowest BCUT2D eigenvalue weighted by molar-refractivity contribution is 0.571. The summed E-state index contributed by atoms with van der Waals surface area (Å²) >= 11 is 0. The van der Waals surface area contributed by atoms with Crippen molar-refractivity contribution in [2.45, 2.75) is 13.5 Å². The van der Waals surface area contributed by atoms with Crippen LogP contribution in [-0.4, -0.2) is 16.3 Å². The quantitative estimate of drug-likeness (QED) is 0.919. The van der Waals surface area contributed by atoms with Crippen molar-refractivity contribution in [3.05, 3.63) is 58.0 Å². The van der Waals surface area contributed by atoms with E-state index < -0.39 is 11.6 Å². The predicted octanol–water partition coefficient (Wildman–Crippen LogP) is 2.00. The summed E-state index contributed by atoms with van der Waals surface area (Å²) in [6.45, 7) is 2.61. The molecule has 19 heavy (non-hydrogen) atoms. The molecule has 6 heteroatoms. The van der Waals surface area contributed by atoms with E-state index in [1.165, 1.54) is 24.4 Å². The molecule has 4 nitrogen and oxygen atoms in total. The number of aromatic nitrogens is 2. The van der Waals surface area contributed by atoms with Gasteiger partial charge in [-0.1, -0.05) is 0 Å². The molecule has 0 atom stereocenters. The molecule has 100 valence electrons. The van der Waals surface area contributed by atoms with Crippen molar-refractivity contribution in [1.29, 1.82) is 0 Å². The summed E-state index contributed by atoms with van der Waals surface area (Å²) in [5.41, 5.74) is 0.639. The third-order valence-corrected chi connectivity index (χ3v) is 2.51. The number of anilines is 1. The van der Waals surface area contributed by atoms with Crippen LogP contribution in [-0.2, 0) is 6.54 Å². The second-order valence-electron chi connectivity index (χ2n) is 4.05. The molecule has 0 spiro atoms. The van der Waals surface area contributed by atoms with E-state index in [0.717, 1.165) is 10.7 Å². The molecule has 0 amide bonds. The van der Waals surface area contributed by atoms with Crippen LogP contribution in [0.25, 0.3) is 0 Å². The van der Waals surface area contributed by atoms with Gasteiger partial charge in [-0.2, -0.15) is 5.10 Å². The van der Waals surface area contributed by atoms with Gasteiger partial charge < -0.3 is 5.32 Å². The minimum Gasteiger partial charge on any atom is -0.384 e. The number of nitrogens with zero attached hydrogens (tertiary/aromatic N) is 2. The molecule has 0 aliphatic heterocycles. The van der Waals surface area contributed by atoms with E-state index in [-0.39, 0.29) is 12.1 Å². The van der Waals surface area contributed by atoms with E-state index in [4.69, 9.17) is 0 Å². The lowest BCUT2D eigenvalue weighted by atomic mass is 10.2. The molecule has 0 radical (unpaired) electrons. The van der Waals surface area contributed by atoms with Crippen LogP contribution in [0.15, 0.2) is 35.3 Å². The van der Waals surface area contributed by atoms with Crippen LogP contribution in [0.1, 0.15) is 12.5 Å². The largest absolute Gasteiger partial charge is 0.384 e. The van der Waals surface area contributed by atoms with Crippen molar-refractivity contribution in [2.75, 3.05) is 11.9 Å². The van der Waals surface area contributed by atoms with Gasteiger partial charge in [0.2, 0.25) is 0 Å². The average molecular weight is 265 g/mol. The number of hydrogen-bond donors (Lipinski definition) is 1. The summed E-state index contributed by atoms with van der Waals surface area (Å²) in [7, 11) is 0. The Hall–Kier alpha value is -2.24. The van der Waals surface area contributed by atoms with Crippen LogP contribution in [0, 0.1) is 11.6 Å². The lowest BCUT2D eigenvalue weighted by Gasteiger charge is -2.07. The number of halogens is 2. The Morgan fingerprint density at radius 2 is 1.89 bits per heavy atom. The first-order chi connectivity index (χ1) is 9.08. The Kier molecular flexibility index (Phi) is 3.89. The van der Waals surface area contributed by atoms with Gasteiger partial charge in [0.05, 0.1) is 18.4 Å². The molecular weight excluding hydrogens is 252 g/mol. The topological polar surface area (TPSA) is 46.9 Å². The van der Waals surface area contributed by atoms with Crippen molar-refractivity contribution in [3.63, 3.8) is 0 Å². The summed E-state index contributed by atoms with van der Waals surface area (Å²) < 4.78 is 27.2. The molecule has 0 fully saturated rings. The second-order valence-corrected chi connectivity index (χ2v) is 4.05. The fraction of sp³-hybridized carbons (Fsp3) is 0.231. The summed E-state index contributed by atoms with van der Waals surface area (Å²) in [6, 6.07) is 4.53. The predicted molar refractivity (Wildman–Crippen MR) is 68.1 cm³/mol. The maximum absolute atomic E-state index is 13.0. The van der Waals surface area contributed by atoms with Gasteiger partial charge in [-0.3, -0.25) is 4.79 Å². The normalized spacial score (nSPS) is 10.5. The van der Waals surface area contributed by atoms with E-state index in [2.05, 4.69) is 10.4 Å². The zero-order valence-corrected chi connectivity index (χ0v) is 10.4. The molecule has 1 heterocycles. The van der Waals surface area contributed by atoms with Crippen LogP contribution < -0.4 is 10.9 Å². The fourth-order valence-electron chi connectivity index (χ4n) is 1.73. The number of benzene rings is 1. The first-order valence-electron chi connectivity index (χ1n) is 5.84. The monoisotopic (exact) mass is 265 g/mol. The molecule has 1 N–H and O–H groups in total. The minimum atomic E-state index is -0.674. The average Bonchev–Trinajstić information content (AvgIpc) is 2.32. The van der Waals surface area contributed by atoms with Crippen LogP contribution >= 0.6 is 0 Å². The Morgan fingerprint density at radius 1 is 1.21 bits per heavy atom. The molecule has 0 aliphatic carbocycles. The molecule has 2 aromatic rings. The van der Waals surface area contributed by atoms with Gasteiger partial charge in [-0.25, -0.2) is 13.5 Å². The summed E-state index contributed by atoms with van der Waals surface area (Å²) in [5.74, 6) is -1.35. The summed E-state index contributed by atoms with van der Waals surface area (Å²) in [6.07, 6.45) is 1.50. The van der Waals surface area contributed by atoms with Gasteiger partial charge >= 0.3 is 0 Å². The fourth-order valence-corrected chi connectivity index (χ4v) is 1.73. The highest BCUT2D eigenvalue weighted by Gasteiger charge is 2.04. The Morgan fingerprint density at radius 3 is 2.47 bits per heavy atom. The molecule has 0 saturated carbocycles. The molecule has 2 rings (SSSR count). The Bertz CT molecular complexity index is 620. The Labute approximate surface area is 108 Å². The van der Waals surface area contributed by atoms with E-state index in [1.807, 2.05) is 6.92 Å². The molecular formula is C13H13F2N3O. The molecule has 1 aromatic heterocycles. The van der Waals surface area contributed by atoms with E-state index in [9.17, 15) is 13.6 Å². The van der Waals surface area contributed by atoms with Gasteiger partial charge in [0.1, 0.15) is 11.6 Å². The molecule has 0 bridgehead atoms. The van der Waals surface area contributed by atoms with Crippen molar-refractivity contribution in [1.82, 2.24) is 9.78 Å². The van der Waals surface area contributed by atoms with E-state index in [0.29, 0.717) is 17.8 Å². The smallest absolute Gasteiger partial charge is 0.269 e. The second kappa shape index (κ2) is 5.60. The van der Waals surface area contributed by atoms with Gasteiger partial charge in [-0.15, -0.1) is 0 Å². The number of hydrogen-bond acceptors (Lipinski definition) is 3. The van der Waals surface area contributed by atoms with Crippen molar-refractivity contribution >= 4 is 5.69 Å². The molecule has 0 aliphatic rings. The Balaban J connectivity index is 2.26. The van der Waals surface area contributed by atoms with Crippen LogP contribution in [0.3, 0.4) is 0 Å². The van der Waals surface area contributed by atoms with Crippen molar-refractivity contribution < 1.29 is 8.78 Å². The highest BCUT2D eigenvalue weighted by Crippen LogP contribution is 2.08. The highest BCUT2D eigenvalue weighted by molar-refractivity contribution is 5.38. The zero-order chi connectivity index (χ0) is 13.8. The van der Waals surface area contributed by atoms with Gasteiger partial charge in [0, 0.05) is 18.7 Å². The minimum absolute atomic E-state index is 0.0277.